The molecule has 0 spiro atoms. The van der Waals surface area contributed by atoms with Gasteiger partial charge >= 0.3 is 0 Å². The Bertz CT molecular complexity index is 756. The van der Waals surface area contributed by atoms with Crippen molar-refractivity contribution in [1.82, 2.24) is 0 Å². The van der Waals surface area contributed by atoms with Crippen LogP contribution in [-0.4, -0.2) is 14.2 Å². The van der Waals surface area contributed by atoms with E-state index in [1.165, 1.54) is 0 Å². The molecule has 0 aliphatic heterocycles. The molecule has 2 aromatic carbocycles. The van der Waals surface area contributed by atoms with E-state index in [2.05, 4.69) is 39.2 Å². The number of rotatable bonds is 4. The van der Waals surface area contributed by atoms with Crippen molar-refractivity contribution in [3.63, 3.8) is 0 Å². The summed E-state index contributed by atoms with van der Waals surface area (Å²) in [6.07, 6.45) is 0. The van der Waals surface area contributed by atoms with Crippen LogP contribution < -0.4 is 9.47 Å². The minimum atomic E-state index is 0.0674. The fourth-order valence-electron chi connectivity index (χ4n) is 2.17. The molecule has 0 saturated heterocycles. The van der Waals surface area contributed by atoms with E-state index < -0.39 is 0 Å². The molecule has 0 aromatic heterocycles. The van der Waals surface area contributed by atoms with Gasteiger partial charge in [0.2, 0.25) is 0 Å². The Kier molecular flexibility index (Phi) is 5.93. The predicted molar refractivity (Wildman–Crippen MR) is 104 cm³/mol. The Morgan fingerprint density at radius 2 is 1.12 bits per heavy atom. The SMILES string of the molecule is COc1ccc(C(=C=C=C(C)C(C)(C)C)c2ccc(OC)cc2)cc1. The summed E-state index contributed by atoms with van der Waals surface area (Å²) in [7, 11) is 3.34. The molecule has 0 aliphatic rings. The van der Waals surface area contributed by atoms with Gasteiger partial charge in [0.1, 0.15) is 11.5 Å². The lowest BCUT2D eigenvalue weighted by Gasteiger charge is -2.16. The van der Waals surface area contributed by atoms with Crippen LogP contribution >= 0.6 is 0 Å². The van der Waals surface area contributed by atoms with Gasteiger partial charge in [-0.25, -0.2) is 0 Å². The Morgan fingerprint density at radius 3 is 1.44 bits per heavy atom. The standard InChI is InChI=1S/C23H26O2/c1-17(23(2,3)4)7-16-22(18-8-12-20(24-5)13-9-18)19-10-14-21(25-6)15-11-19/h8-15H,1-6H3. The Morgan fingerprint density at radius 1 is 0.720 bits per heavy atom. The molecule has 0 aliphatic carbocycles. The van der Waals surface area contributed by atoms with E-state index in [0.717, 1.165) is 33.8 Å². The number of benzene rings is 2. The monoisotopic (exact) mass is 334 g/mol. The number of allylic oxidation sites excluding steroid dienone is 1. The summed E-state index contributed by atoms with van der Waals surface area (Å²) in [6.45, 7) is 8.62. The molecule has 0 radical (unpaired) electrons. The van der Waals surface area contributed by atoms with Gasteiger partial charge in [0.05, 0.1) is 14.2 Å². The first-order valence-corrected chi connectivity index (χ1v) is 8.37. The van der Waals surface area contributed by atoms with E-state index in [4.69, 9.17) is 9.47 Å². The third-order valence-corrected chi connectivity index (χ3v) is 4.26. The van der Waals surface area contributed by atoms with E-state index >= 15 is 0 Å². The van der Waals surface area contributed by atoms with Crippen LogP contribution in [-0.2, 0) is 0 Å². The van der Waals surface area contributed by atoms with Crippen molar-refractivity contribution in [2.24, 2.45) is 5.41 Å². The zero-order chi connectivity index (χ0) is 18.4. The summed E-state index contributed by atoms with van der Waals surface area (Å²) < 4.78 is 10.5. The van der Waals surface area contributed by atoms with E-state index in [1.54, 1.807) is 14.2 Å². The highest BCUT2D eigenvalue weighted by Crippen LogP contribution is 2.27. The fraction of sp³-hybridized carbons (Fsp3) is 0.304. The summed E-state index contributed by atoms with van der Waals surface area (Å²) in [5.74, 6) is 1.67. The van der Waals surface area contributed by atoms with Crippen molar-refractivity contribution in [3.05, 3.63) is 76.7 Å². The van der Waals surface area contributed by atoms with Crippen molar-refractivity contribution in [2.75, 3.05) is 14.2 Å². The van der Waals surface area contributed by atoms with Gasteiger partial charge in [-0.3, -0.25) is 0 Å². The van der Waals surface area contributed by atoms with Gasteiger partial charge in [0.15, 0.2) is 0 Å². The molecular weight excluding hydrogens is 308 g/mol. The van der Waals surface area contributed by atoms with Gasteiger partial charge in [0.25, 0.3) is 0 Å². The van der Waals surface area contributed by atoms with Gasteiger partial charge in [-0.2, -0.15) is 0 Å². The zero-order valence-electron chi connectivity index (χ0n) is 15.9. The molecular formula is C23H26O2. The number of hydrogen-bond acceptors (Lipinski definition) is 2. The number of ether oxygens (including phenoxy) is 2. The van der Waals surface area contributed by atoms with Crippen molar-refractivity contribution in [2.45, 2.75) is 27.7 Å². The molecule has 2 aromatic rings. The molecule has 0 amide bonds. The van der Waals surface area contributed by atoms with Crippen LogP contribution in [0.1, 0.15) is 38.8 Å². The second-order valence-electron chi connectivity index (χ2n) is 6.96. The zero-order valence-corrected chi connectivity index (χ0v) is 15.9. The van der Waals surface area contributed by atoms with Gasteiger partial charge in [0, 0.05) is 5.57 Å². The number of methoxy groups -OCH3 is 2. The van der Waals surface area contributed by atoms with Gasteiger partial charge in [-0.15, -0.1) is 0 Å². The third-order valence-electron chi connectivity index (χ3n) is 4.26. The summed E-state index contributed by atoms with van der Waals surface area (Å²) in [4.78, 5) is 0. The van der Waals surface area contributed by atoms with Crippen LogP contribution in [0.5, 0.6) is 11.5 Å². The molecule has 25 heavy (non-hydrogen) atoms. The van der Waals surface area contributed by atoms with Crippen LogP contribution in [0, 0.1) is 5.41 Å². The first-order chi connectivity index (χ1) is 11.8. The maximum atomic E-state index is 5.26. The van der Waals surface area contributed by atoms with Crippen LogP contribution in [0.3, 0.4) is 0 Å². The second kappa shape index (κ2) is 7.94. The van der Waals surface area contributed by atoms with Crippen molar-refractivity contribution in [1.29, 1.82) is 0 Å². The molecule has 0 saturated carbocycles. The van der Waals surface area contributed by atoms with Gasteiger partial charge in [-0.05, 0) is 53.3 Å². The summed E-state index contributed by atoms with van der Waals surface area (Å²) >= 11 is 0. The summed E-state index contributed by atoms with van der Waals surface area (Å²) in [5, 5.41) is 0. The first kappa shape index (κ1) is 18.7. The topological polar surface area (TPSA) is 18.5 Å². The lowest BCUT2D eigenvalue weighted by atomic mass is 9.88. The van der Waals surface area contributed by atoms with Crippen molar-refractivity contribution >= 4 is 5.57 Å². The van der Waals surface area contributed by atoms with Crippen molar-refractivity contribution in [3.8, 4) is 11.5 Å². The minimum absolute atomic E-state index is 0.0674. The molecule has 0 atom stereocenters. The first-order valence-electron chi connectivity index (χ1n) is 8.37. The van der Waals surface area contributed by atoms with E-state index in [1.807, 2.05) is 48.5 Å². The Hall–Kier alpha value is -2.66. The van der Waals surface area contributed by atoms with Crippen LogP contribution in [0.25, 0.3) is 5.57 Å². The normalized spacial score (nSPS) is 10.5. The lowest BCUT2D eigenvalue weighted by molar-refractivity contribution is 0.414. The van der Waals surface area contributed by atoms with E-state index in [9.17, 15) is 0 Å². The molecule has 0 N–H and O–H groups in total. The highest BCUT2D eigenvalue weighted by molar-refractivity contribution is 5.79. The fourth-order valence-corrected chi connectivity index (χ4v) is 2.17. The molecule has 0 fully saturated rings. The van der Waals surface area contributed by atoms with Crippen LogP contribution in [0.4, 0.5) is 0 Å². The maximum absolute atomic E-state index is 5.26. The average molecular weight is 334 g/mol. The Labute approximate surface area is 151 Å². The van der Waals surface area contributed by atoms with Gasteiger partial charge in [-0.1, -0.05) is 56.5 Å². The second-order valence-corrected chi connectivity index (χ2v) is 6.96. The average Bonchev–Trinajstić information content (AvgIpc) is 2.62. The van der Waals surface area contributed by atoms with E-state index in [-0.39, 0.29) is 5.41 Å². The number of hydrogen-bond donors (Lipinski definition) is 0. The van der Waals surface area contributed by atoms with E-state index in [0.29, 0.717) is 0 Å². The molecule has 130 valence electrons. The third kappa shape index (κ3) is 4.90. The molecule has 0 unspecified atom stereocenters. The van der Waals surface area contributed by atoms with Crippen molar-refractivity contribution < 1.29 is 9.47 Å². The predicted octanol–water partition coefficient (Wildman–Crippen LogP) is 5.88. The van der Waals surface area contributed by atoms with Crippen LogP contribution in [0.15, 0.2) is 65.6 Å². The molecule has 2 rings (SSSR count). The molecule has 2 heteroatoms. The lowest BCUT2D eigenvalue weighted by Crippen LogP contribution is -2.04. The highest BCUT2D eigenvalue weighted by atomic mass is 16.5. The largest absolute Gasteiger partial charge is 0.497 e. The maximum Gasteiger partial charge on any atom is 0.118 e. The minimum Gasteiger partial charge on any atom is -0.497 e. The van der Waals surface area contributed by atoms with Gasteiger partial charge < -0.3 is 9.47 Å². The highest BCUT2D eigenvalue weighted by Gasteiger charge is 2.12. The molecule has 2 nitrogen and oxygen atoms in total. The smallest absolute Gasteiger partial charge is 0.118 e. The Balaban J connectivity index is 2.63. The summed E-state index contributed by atoms with van der Waals surface area (Å²) in [5.41, 5.74) is 11.1. The quantitative estimate of drug-likeness (QED) is 0.650. The molecule has 0 bridgehead atoms. The molecule has 0 heterocycles. The summed E-state index contributed by atoms with van der Waals surface area (Å²) in [6, 6.07) is 16.0. The van der Waals surface area contributed by atoms with Crippen LogP contribution in [0.2, 0.25) is 0 Å².